The number of nitrogens with two attached hydrogens (primary N) is 1. The first-order valence-corrected chi connectivity index (χ1v) is 12.5. The van der Waals surface area contributed by atoms with Gasteiger partial charge in [0, 0.05) is 20.4 Å². The van der Waals surface area contributed by atoms with E-state index in [-0.39, 0.29) is 11.5 Å². The third-order valence-electron chi connectivity index (χ3n) is 3.87. The SMILES string of the molecule is COP(=O)(O)OP(=O)(O)OP(=O)(O)OC[C@H]1O[C@@H](c2cn(C)c(N)nc2=O)[C@@H](O)C1O. The van der Waals surface area contributed by atoms with E-state index in [1.807, 2.05) is 0 Å². The van der Waals surface area contributed by atoms with Crippen LogP contribution < -0.4 is 11.3 Å². The van der Waals surface area contributed by atoms with Gasteiger partial charge in [0.1, 0.15) is 24.4 Å². The number of rotatable bonds is 9. The van der Waals surface area contributed by atoms with Gasteiger partial charge in [-0.25, -0.2) is 13.7 Å². The van der Waals surface area contributed by atoms with Crippen LogP contribution in [0.25, 0.3) is 0 Å². The van der Waals surface area contributed by atoms with Gasteiger partial charge in [-0.3, -0.25) is 13.8 Å². The number of hydrogen-bond donors (Lipinski definition) is 6. The van der Waals surface area contributed by atoms with Crippen LogP contribution in [0, 0.1) is 0 Å². The van der Waals surface area contributed by atoms with Crippen molar-refractivity contribution in [1.82, 2.24) is 9.55 Å². The van der Waals surface area contributed by atoms with Gasteiger partial charge < -0.3 is 39.9 Å². The highest BCUT2D eigenvalue weighted by molar-refractivity contribution is 7.66. The molecule has 1 aromatic heterocycles. The molecule has 17 nitrogen and oxygen atoms in total. The molecule has 7 N–H and O–H groups in total. The van der Waals surface area contributed by atoms with Gasteiger partial charge in [-0.05, 0) is 0 Å². The van der Waals surface area contributed by atoms with Crippen LogP contribution in [-0.4, -0.2) is 66.5 Å². The maximum Gasteiger partial charge on any atom is 0.490 e. The van der Waals surface area contributed by atoms with E-state index in [1.54, 1.807) is 0 Å². The molecule has 1 aliphatic rings. The van der Waals surface area contributed by atoms with Gasteiger partial charge in [-0.1, -0.05) is 0 Å². The lowest BCUT2D eigenvalue weighted by Gasteiger charge is -2.19. The maximum absolute atomic E-state index is 12.0. The molecule has 4 unspecified atom stereocenters. The van der Waals surface area contributed by atoms with Gasteiger partial charge in [-0.15, -0.1) is 0 Å². The summed E-state index contributed by atoms with van der Waals surface area (Å²) in [4.78, 5) is 43.3. The molecule has 7 atom stereocenters. The van der Waals surface area contributed by atoms with E-state index < -0.39 is 60.1 Å². The monoisotopic (exact) mass is 511 g/mol. The smallest absolute Gasteiger partial charge is 0.387 e. The molecular formula is C11H20N3O14P3. The largest absolute Gasteiger partial charge is 0.490 e. The summed E-state index contributed by atoms with van der Waals surface area (Å²) in [5.41, 5.74) is 4.45. The Morgan fingerprint density at radius 2 is 1.71 bits per heavy atom. The quantitative estimate of drug-likeness (QED) is 0.207. The molecule has 0 aliphatic carbocycles. The number of phosphoric ester groups is 2. The van der Waals surface area contributed by atoms with Crippen molar-refractivity contribution in [2.45, 2.75) is 24.4 Å². The minimum absolute atomic E-state index is 0.128. The Labute approximate surface area is 173 Å². The van der Waals surface area contributed by atoms with Gasteiger partial charge in [0.05, 0.1) is 12.2 Å². The molecule has 2 rings (SSSR count). The van der Waals surface area contributed by atoms with Gasteiger partial charge in [0.2, 0.25) is 5.95 Å². The molecule has 0 aromatic carbocycles. The molecule has 1 saturated heterocycles. The molecule has 31 heavy (non-hydrogen) atoms. The fourth-order valence-corrected chi connectivity index (χ4v) is 5.68. The van der Waals surface area contributed by atoms with E-state index in [1.165, 1.54) is 17.8 Å². The van der Waals surface area contributed by atoms with Crippen molar-refractivity contribution in [1.29, 1.82) is 0 Å². The topological polar surface area (TPSA) is 259 Å². The third kappa shape index (κ3) is 6.73. The molecule has 1 aliphatic heterocycles. The fourth-order valence-electron chi connectivity index (χ4n) is 2.42. The molecule has 178 valence electrons. The van der Waals surface area contributed by atoms with Gasteiger partial charge in [-0.2, -0.15) is 13.6 Å². The summed E-state index contributed by atoms with van der Waals surface area (Å²) in [7, 11) is -14.0. The summed E-state index contributed by atoms with van der Waals surface area (Å²) < 4.78 is 56.9. The normalized spacial score (nSPS) is 29.8. The first-order chi connectivity index (χ1) is 14.1. The number of aryl methyl sites for hydroxylation is 1. The van der Waals surface area contributed by atoms with Gasteiger partial charge >= 0.3 is 23.5 Å². The van der Waals surface area contributed by atoms with Crippen LogP contribution in [0.2, 0.25) is 0 Å². The summed E-state index contributed by atoms with van der Waals surface area (Å²) in [5, 5.41) is 20.2. The second-order valence-corrected chi connectivity index (χ2v) is 10.8. The molecule has 0 radical (unpaired) electrons. The van der Waals surface area contributed by atoms with E-state index in [0.29, 0.717) is 7.11 Å². The van der Waals surface area contributed by atoms with Gasteiger partial charge in [0.15, 0.2) is 0 Å². The first kappa shape index (κ1) is 26.2. The van der Waals surface area contributed by atoms with Crippen molar-refractivity contribution < 1.29 is 61.0 Å². The molecule has 0 bridgehead atoms. The highest BCUT2D eigenvalue weighted by atomic mass is 31.3. The number of phosphoric acid groups is 3. The van der Waals surface area contributed by atoms with Crippen molar-refractivity contribution in [2.75, 3.05) is 19.5 Å². The second kappa shape index (κ2) is 9.45. The molecule has 0 amide bonds. The Kier molecular flexibility index (Phi) is 7.99. The van der Waals surface area contributed by atoms with Crippen molar-refractivity contribution in [2.24, 2.45) is 7.05 Å². The van der Waals surface area contributed by atoms with Crippen LogP contribution in [0.3, 0.4) is 0 Å². The Morgan fingerprint density at radius 1 is 1.13 bits per heavy atom. The van der Waals surface area contributed by atoms with E-state index in [2.05, 4.69) is 22.7 Å². The van der Waals surface area contributed by atoms with E-state index in [4.69, 9.17) is 15.4 Å². The summed E-state index contributed by atoms with van der Waals surface area (Å²) in [5.74, 6) is -0.128. The molecule has 20 heteroatoms. The predicted molar refractivity (Wildman–Crippen MR) is 98.1 cm³/mol. The highest BCUT2D eigenvalue weighted by Crippen LogP contribution is 2.67. The lowest BCUT2D eigenvalue weighted by atomic mass is 10.0. The Balaban J connectivity index is 2.08. The third-order valence-corrected chi connectivity index (χ3v) is 8.11. The van der Waals surface area contributed by atoms with Crippen LogP contribution >= 0.6 is 23.5 Å². The first-order valence-electron chi connectivity index (χ1n) is 8.03. The summed E-state index contributed by atoms with van der Waals surface area (Å²) >= 11 is 0. The number of hydrogen-bond acceptors (Lipinski definition) is 13. The minimum Gasteiger partial charge on any atom is -0.387 e. The molecule has 2 heterocycles. The highest BCUT2D eigenvalue weighted by Gasteiger charge is 2.47. The average Bonchev–Trinajstić information content (AvgIpc) is 2.89. The lowest BCUT2D eigenvalue weighted by Crippen LogP contribution is -2.33. The number of aromatic nitrogens is 2. The second-order valence-electron chi connectivity index (χ2n) is 6.09. The number of ether oxygens (including phenoxy) is 1. The van der Waals surface area contributed by atoms with E-state index in [9.17, 15) is 38.5 Å². The summed E-state index contributed by atoms with van der Waals surface area (Å²) in [6, 6.07) is 0. The summed E-state index contributed by atoms with van der Waals surface area (Å²) in [6.45, 7) is -0.980. The zero-order valence-corrected chi connectivity index (χ0v) is 18.5. The van der Waals surface area contributed by atoms with Crippen molar-refractivity contribution in [3.05, 3.63) is 22.1 Å². The number of anilines is 1. The lowest BCUT2D eigenvalue weighted by molar-refractivity contribution is -0.0228. The number of nitrogen functional groups attached to an aromatic ring is 1. The van der Waals surface area contributed by atoms with E-state index in [0.717, 1.165) is 0 Å². The molecule has 0 saturated carbocycles. The van der Waals surface area contributed by atoms with Crippen LogP contribution in [0.5, 0.6) is 0 Å². The summed E-state index contributed by atoms with van der Waals surface area (Å²) in [6.07, 6.45) is -5.12. The number of aliphatic hydroxyl groups excluding tert-OH is 2. The average molecular weight is 511 g/mol. The number of aliphatic hydroxyl groups is 2. The van der Waals surface area contributed by atoms with Gasteiger partial charge in [0.25, 0.3) is 5.56 Å². The molecule has 1 fully saturated rings. The van der Waals surface area contributed by atoms with Crippen LogP contribution in [0.1, 0.15) is 11.7 Å². The minimum atomic E-state index is -5.61. The number of nitrogens with zero attached hydrogens (tertiary/aromatic N) is 2. The zero-order valence-electron chi connectivity index (χ0n) is 15.8. The maximum atomic E-state index is 12.0. The zero-order chi connectivity index (χ0) is 23.8. The van der Waals surface area contributed by atoms with Crippen molar-refractivity contribution in [3.8, 4) is 0 Å². The van der Waals surface area contributed by atoms with Crippen LogP contribution in [0.4, 0.5) is 5.95 Å². The standard InChI is InChI=1S/C11H20N3O14P3/c1-14-3-5(10(17)13-11(14)12)9-8(16)7(15)6(26-9)4-25-30(20,21)28-31(22,23)27-29(18,19)24-2/h3,6-9,15-16H,4H2,1-2H3,(H,18,19)(H,20,21)(H,22,23)(H2,12,13,17)/t6-,7?,8+,9+/m1/s1. The molecule has 0 spiro atoms. The van der Waals surface area contributed by atoms with Crippen molar-refractivity contribution >= 4 is 29.4 Å². The fraction of sp³-hybridized carbons (Fsp3) is 0.636. The molecule has 1 aromatic rings. The Bertz CT molecular complexity index is 1010. The Hall–Kier alpha value is -1.03. The Morgan fingerprint density at radius 3 is 2.29 bits per heavy atom. The predicted octanol–water partition coefficient (Wildman–Crippen LogP) is -1.48. The van der Waals surface area contributed by atoms with Crippen molar-refractivity contribution in [3.63, 3.8) is 0 Å². The molecular weight excluding hydrogens is 491 g/mol. The van der Waals surface area contributed by atoms with E-state index >= 15 is 0 Å². The van der Waals surface area contributed by atoms with Crippen LogP contribution in [0.15, 0.2) is 11.0 Å². The van der Waals surface area contributed by atoms with Crippen LogP contribution in [-0.2, 0) is 43.1 Å².